The fourth-order valence-corrected chi connectivity index (χ4v) is 7.13. The minimum absolute atomic E-state index is 0.0278. The number of carbonyl (C=O) groups is 2. The summed E-state index contributed by atoms with van der Waals surface area (Å²) in [7, 11) is -4.14. The van der Waals surface area contributed by atoms with Gasteiger partial charge in [-0.2, -0.15) is 8.42 Å². The standard InChI is InChI=1S/C29H30BrNO5S/c1-28(2)13-20-26(22(32)15-28)25(27-21(31-20)14-29(3,4)16-23(27)33)19-12-17(30)10-11-24(19)36-37(34,35)18-8-6-5-7-9-18/h5-12,25,31H,13-16H2,1-4H3. The van der Waals surface area contributed by atoms with E-state index in [0.717, 1.165) is 11.4 Å². The van der Waals surface area contributed by atoms with E-state index in [9.17, 15) is 18.0 Å². The highest BCUT2D eigenvalue weighted by atomic mass is 79.9. The maximum absolute atomic E-state index is 13.6. The van der Waals surface area contributed by atoms with Gasteiger partial charge in [-0.3, -0.25) is 9.59 Å². The van der Waals surface area contributed by atoms with Gasteiger partial charge in [-0.25, -0.2) is 0 Å². The lowest BCUT2D eigenvalue weighted by atomic mass is 9.64. The van der Waals surface area contributed by atoms with E-state index in [0.29, 0.717) is 46.9 Å². The first-order valence-corrected chi connectivity index (χ1v) is 14.5. The van der Waals surface area contributed by atoms with E-state index in [1.807, 2.05) is 0 Å². The van der Waals surface area contributed by atoms with Crippen LogP contribution in [-0.2, 0) is 19.7 Å². The van der Waals surface area contributed by atoms with Gasteiger partial charge in [0.15, 0.2) is 11.6 Å². The molecule has 37 heavy (non-hydrogen) atoms. The smallest absolute Gasteiger partial charge is 0.339 e. The van der Waals surface area contributed by atoms with Crippen LogP contribution >= 0.6 is 15.9 Å². The van der Waals surface area contributed by atoms with Crippen LogP contribution in [0.1, 0.15) is 64.9 Å². The predicted octanol–water partition coefficient (Wildman–Crippen LogP) is 6.19. The van der Waals surface area contributed by atoms with Crippen LogP contribution in [-0.4, -0.2) is 20.0 Å². The summed E-state index contributed by atoms with van der Waals surface area (Å²) in [5, 5.41) is 3.48. The largest absolute Gasteiger partial charge is 0.379 e. The van der Waals surface area contributed by atoms with Crippen molar-refractivity contribution in [3.63, 3.8) is 0 Å². The number of dihydropyridines is 1. The number of benzene rings is 2. The third-order valence-corrected chi connectivity index (χ3v) is 8.98. The Morgan fingerprint density at radius 2 is 1.38 bits per heavy atom. The zero-order valence-corrected chi connectivity index (χ0v) is 23.8. The number of hydrogen-bond donors (Lipinski definition) is 1. The van der Waals surface area contributed by atoms with E-state index in [1.54, 1.807) is 36.4 Å². The topological polar surface area (TPSA) is 89.5 Å². The Kier molecular flexibility index (Phi) is 6.27. The summed E-state index contributed by atoms with van der Waals surface area (Å²) < 4.78 is 32.8. The molecular weight excluding hydrogens is 554 g/mol. The van der Waals surface area contributed by atoms with Gasteiger partial charge in [0.25, 0.3) is 0 Å². The van der Waals surface area contributed by atoms with Crippen LogP contribution in [0.4, 0.5) is 0 Å². The Labute approximate surface area is 226 Å². The third kappa shape index (κ3) is 4.93. The SMILES string of the molecule is CC1(C)CC(=O)C2=C(C1)NC1=C(C(=O)CC(C)(C)C1)C2c1cc(Br)ccc1OS(=O)(=O)c1ccccc1. The first-order valence-electron chi connectivity index (χ1n) is 12.3. The molecule has 5 rings (SSSR count). The summed E-state index contributed by atoms with van der Waals surface area (Å²) >= 11 is 3.51. The minimum atomic E-state index is -4.14. The van der Waals surface area contributed by atoms with Crippen molar-refractivity contribution in [1.29, 1.82) is 0 Å². The van der Waals surface area contributed by atoms with Crippen molar-refractivity contribution < 1.29 is 22.2 Å². The number of allylic oxidation sites excluding steroid dienone is 4. The van der Waals surface area contributed by atoms with Crippen LogP contribution in [0.2, 0.25) is 0 Å². The summed E-state index contributed by atoms with van der Waals surface area (Å²) in [6.45, 7) is 8.24. The zero-order valence-electron chi connectivity index (χ0n) is 21.4. The van der Waals surface area contributed by atoms with Gasteiger partial charge in [-0.1, -0.05) is 61.8 Å². The second kappa shape index (κ2) is 8.95. The van der Waals surface area contributed by atoms with E-state index in [4.69, 9.17) is 4.18 Å². The number of carbonyl (C=O) groups excluding carboxylic acids is 2. The highest BCUT2D eigenvalue weighted by Gasteiger charge is 2.47. The summed E-state index contributed by atoms with van der Waals surface area (Å²) in [4.78, 5) is 27.3. The van der Waals surface area contributed by atoms with Crippen LogP contribution in [0.3, 0.4) is 0 Å². The number of rotatable bonds is 4. The second-order valence-electron chi connectivity index (χ2n) is 11.8. The molecule has 194 valence electrons. The first-order chi connectivity index (χ1) is 17.3. The first kappa shape index (κ1) is 25.9. The summed E-state index contributed by atoms with van der Waals surface area (Å²) in [6, 6.07) is 13.0. The molecule has 0 saturated carbocycles. The quantitative estimate of drug-likeness (QED) is 0.431. The molecule has 0 saturated heterocycles. The normalized spacial score (nSPS) is 21.3. The molecule has 2 aromatic rings. The van der Waals surface area contributed by atoms with Crippen molar-refractivity contribution in [3.05, 3.63) is 81.1 Å². The minimum Gasteiger partial charge on any atom is -0.379 e. The Morgan fingerprint density at radius 3 is 1.92 bits per heavy atom. The molecule has 1 heterocycles. The molecule has 2 aliphatic carbocycles. The molecule has 0 bridgehead atoms. The maximum atomic E-state index is 13.6. The molecule has 1 N–H and O–H groups in total. The average Bonchev–Trinajstić information content (AvgIpc) is 2.77. The van der Waals surface area contributed by atoms with Gasteiger partial charge in [-0.05, 0) is 54.0 Å². The Bertz CT molecular complexity index is 1430. The van der Waals surface area contributed by atoms with Gasteiger partial charge in [0, 0.05) is 51.3 Å². The highest BCUT2D eigenvalue weighted by Crippen LogP contribution is 2.52. The van der Waals surface area contributed by atoms with Crippen molar-refractivity contribution >= 4 is 37.6 Å². The lowest BCUT2D eigenvalue weighted by molar-refractivity contribution is -0.119. The number of ketones is 2. The number of halogens is 1. The van der Waals surface area contributed by atoms with E-state index in [-0.39, 0.29) is 33.0 Å². The fraction of sp³-hybridized carbons (Fsp3) is 0.379. The van der Waals surface area contributed by atoms with Crippen molar-refractivity contribution in [3.8, 4) is 5.75 Å². The van der Waals surface area contributed by atoms with Crippen LogP contribution < -0.4 is 9.50 Å². The van der Waals surface area contributed by atoms with Crippen LogP contribution in [0.25, 0.3) is 0 Å². The summed E-state index contributed by atoms with van der Waals surface area (Å²) in [5.74, 6) is -0.681. The predicted molar refractivity (Wildman–Crippen MR) is 144 cm³/mol. The molecular formula is C29H30BrNO5S. The molecule has 0 unspecified atom stereocenters. The molecule has 0 spiro atoms. The molecule has 6 nitrogen and oxygen atoms in total. The molecule has 1 aliphatic heterocycles. The molecule has 0 aromatic heterocycles. The average molecular weight is 585 g/mol. The van der Waals surface area contributed by atoms with Gasteiger partial charge >= 0.3 is 10.1 Å². The van der Waals surface area contributed by atoms with Crippen molar-refractivity contribution in [2.75, 3.05) is 0 Å². The summed E-state index contributed by atoms with van der Waals surface area (Å²) in [5.41, 5.74) is 2.72. The van der Waals surface area contributed by atoms with E-state index in [2.05, 4.69) is 48.9 Å². The number of Topliss-reactive ketones (excluding diaryl/α,β-unsaturated/α-hetero) is 2. The van der Waals surface area contributed by atoms with E-state index < -0.39 is 16.0 Å². The lowest BCUT2D eigenvalue weighted by Crippen LogP contribution is -2.42. The highest BCUT2D eigenvalue weighted by molar-refractivity contribution is 9.10. The summed E-state index contributed by atoms with van der Waals surface area (Å²) in [6.07, 6.45) is 2.00. The Morgan fingerprint density at radius 1 is 0.838 bits per heavy atom. The van der Waals surface area contributed by atoms with Gasteiger partial charge in [-0.15, -0.1) is 0 Å². The maximum Gasteiger partial charge on any atom is 0.339 e. The molecule has 0 atom stereocenters. The molecule has 3 aliphatic rings. The van der Waals surface area contributed by atoms with Gasteiger partial charge in [0.05, 0.1) is 0 Å². The van der Waals surface area contributed by atoms with Gasteiger partial charge in [0.2, 0.25) is 0 Å². The molecule has 2 aromatic carbocycles. The number of hydrogen-bond acceptors (Lipinski definition) is 6. The van der Waals surface area contributed by atoms with Crippen molar-refractivity contribution in [1.82, 2.24) is 5.32 Å². The van der Waals surface area contributed by atoms with Crippen molar-refractivity contribution in [2.24, 2.45) is 10.8 Å². The van der Waals surface area contributed by atoms with Crippen LogP contribution in [0.5, 0.6) is 5.75 Å². The zero-order chi connectivity index (χ0) is 26.8. The Balaban J connectivity index is 1.71. The van der Waals surface area contributed by atoms with Gasteiger partial charge < -0.3 is 9.50 Å². The molecule has 0 fully saturated rings. The third-order valence-electron chi connectivity index (χ3n) is 7.23. The lowest BCUT2D eigenvalue weighted by Gasteiger charge is -2.44. The monoisotopic (exact) mass is 583 g/mol. The van der Waals surface area contributed by atoms with E-state index in [1.165, 1.54) is 12.1 Å². The van der Waals surface area contributed by atoms with Gasteiger partial charge in [0.1, 0.15) is 10.6 Å². The molecule has 0 amide bonds. The van der Waals surface area contributed by atoms with Crippen LogP contribution in [0, 0.1) is 10.8 Å². The van der Waals surface area contributed by atoms with Crippen molar-refractivity contribution in [2.45, 2.75) is 64.2 Å². The molecule has 8 heteroatoms. The fourth-order valence-electron chi connectivity index (χ4n) is 5.77. The Hall–Kier alpha value is -2.71. The second-order valence-corrected chi connectivity index (χ2v) is 14.2. The van der Waals surface area contributed by atoms with Crippen LogP contribution in [0.15, 0.2) is 80.4 Å². The number of nitrogens with one attached hydrogen (secondary N) is 1. The van der Waals surface area contributed by atoms with E-state index >= 15 is 0 Å². The molecule has 0 radical (unpaired) electrons.